The molecule has 0 bridgehead atoms. The molecule has 19 heavy (non-hydrogen) atoms. The zero-order valence-electron chi connectivity index (χ0n) is 11.7. The predicted octanol–water partition coefficient (Wildman–Crippen LogP) is 1.31. The number of carbonyl (C=O) groups excluding carboxylic acids is 3. The third kappa shape index (κ3) is 8.15. The van der Waals surface area contributed by atoms with E-state index in [1.165, 1.54) is 14.0 Å². The molecule has 7 heteroatoms. The highest BCUT2D eigenvalue weighted by Crippen LogP contribution is 2.10. The molecule has 0 heterocycles. The van der Waals surface area contributed by atoms with E-state index in [4.69, 9.17) is 0 Å². The van der Waals surface area contributed by atoms with Crippen LogP contribution in [0.25, 0.3) is 0 Å². The number of rotatable bonds is 8. The van der Waals surface area contributed by atoms with E-state index in [9.17, 15) is 14.4 Å². The first-order valence-corrected chi connectivity index (χ1v) is 8.30. The smallest absolute Gasteiger partial charge is 0.328 e. The van der Waals surface area contributed by atoms with Gasteiger partial charge in [0, 0.05) is 18.6 Å². The minimum absolute atomic E-state index is 0.0217. The number of nitrogens with one attached hydrogen (secondary N) is 1. The maximum Gasteiger partial charge on any atom is 0.328 e. The number of methoxy groups -OCH3 is 1. The van der Waals surface area contributed by atoms with Crippen LogP contribution in [0.4, 0.5) is 0 Å². The first-order chi connectivity index (χ1) is 8.92. The van der Waals surface area contributed by atoms with E-state index in [0.29, 0.717) is 12.2 Å². The van der Waals surface area contributed by atoms with Crippen molar-refractivity contribution in [3.8, 4) is 0 Å². The van der Waals surface area contributed by atoms with Gasteiger partial charge in [-0.05, 0) is 18.4 Å². The average Bonchev–Trinajstić information content (AvgIpc) is 2.39. The molecule has 2 atom stereocenters. The van der Waals surface area contributed by atoms with Gasteiger partial charge in [-0.3, -0.25) is 9.59 Å². The molecule has 0 radical (unpaired) electrons. The summed E-state index contributed by atoms with van der Waals surface area (Å²) in [5.41, 5.74) is 0. The van der Waals surface area contributed by atoms with Crippen molar-refractivity contribution in [1.82, 2.24) is 5.32 Å². The predicted molar refractivity (Wildman–Crippen MR) is 79.2 cm³/mol. The topological polar surface area (TPSA) is 72.5 Å². The van der Waals surface area contributed by atoms with Crippen LogP contribution in [-0.2, 0) is 19.1 Å². The Balaban J connectivity index is 4.35. The van der Waals surface area contributed by atoms with Crippen molar-refractivity contribution in [2.45, 2.75) is 26.3 Å². The van der Waals surface area contributed by atoms with Crippen LogP contribution < -0.4 is 5.32 Å². The van der Waals surface area contributed by atoms with Gasteiger partial charge in [-0.15, -0.1) is 0 Å². The number of amides is 1. The number of hydrogen-bond donors (Lipinski definition) is 1. The number of thioether (sulfide) groups is 2. The maximum atomic E-state index is 11.9. The highest BCUT2D eigenvalue weighted by molar-refractivity contribution is 8.13. The van der Waals surface area contributed by atoms with Gasteiger partial charge in [-0.1, -0.05) is 18.7 Å². The first-order valence-electron chi connectivity index (χ1n) is 5.92. The van der Waals surface area contributed by atoms with Gasteiger partial charge >= 0.3 is 5.97 Å². The van der Waals surface area contributed by atoms with Crippen LogP contribution >= 0.6 is 23.5 Å². The molecule has 0 fully saturated rings. The molecule has 0 rings (SSSR count). The van der Waals surface area contributed by atoms with Crippen LogP contribution in [0.1, 0.15) is 20.3 Å². The molecule has 0 aromatic rings. The highest BCUT2D eigenvalue weighted by atomic mass is 32.2. The second-order valence-corrected chi connectivity index (χ2v) is 6.25. The lowest BCUT2D eigenvalue weighted by Gasteiger charge is -2.18. The lowest BCUT2D eigenvalue weighted by molar-refractivity contribution is -0.145. The summed E-state index contributed by atoms with van der Waals surface area (Å²) in [4.78, 5) is 34.3. The van der Waals surface area contributed by atoms with Crippen LogP contribution in [-0.4, -0.2) is 47.9 Å². The first kappa shape index (κ1) is 18.3. The average molecular weight is 307 g/mol. The lowest BCUT2D eigenvalue weighted by Crippen LogP contribution is -2.44. The van der Waals surface area contributed by atoms with Crippen molar-refractivity contribution >= 4 is 40.5 Å². The molecule has 0 aliphatic heterocycles. The Kier molecular flexibility index (Phi) is 9.77. The largest absolute Gasteiger partial charge is 0.467 e. The monoisotopic (exact) mass is 307 g/mol. The Bertz CT molecular complexity index is 323. The fraction of sp³-hybridized carbons (Fsp3) is 0.750. The molecule has 0 spiro atoms. The minimum atomic E-state index is -0.616. The fourth-order valence-electron chi connectivity index (χ4n) is 1.26. The molecule has 1 amide bonds. The second kappa shape index (κ2) is 10.1. The van der Waals surface area contributed by atoms with E-state index >= 15 is 0 Å². The van der Waals surface area contributed by atoms with Crippen LogP contribution in [0, 0.1) is 5.92 Å². The van der Waals surface area contributed by atoms with Crippen molar-refractivity contribution < 1.29 is 19.1 Å². The van der Waals surface area contributed by atoms with Gasteiger partial charge in [0.2, 0.25) is 5.91 Å². The van der Waals surface area contributed by atoms with Crippen molar-refractivity contribution in [1.29, 1.82) is 0 Å². The number of ether oxygens (including phenoxy) is 1. The van der Waals surface area contributed by atoms with Gasteiger partial charge in [0.1, 0.15) is 6.04 Å². The zero-order valence-corrected chi connectivity index (χ0v) is 13.4. The van der Waals surface area contributed by atoms with E-state index in [0.717, 1.165) is 17.5 Å². The van der Waals surface area contributed by atoms with E-state index in [2.05, 4.69) is 10.1 Å². The van der Waals surface area contributed by atoms with E-state index in [-0.39, 0.29) is 16.9 Å². The highest BCUT2D eigenvalue weighted by Gasteiger charge is 2.23. The van der Waals surface area contributed by atoms with Crippen LogP contribution in [0.2, 0.25) is 0 Å². The van der Waals surface area contributed by atoms with Crippen molar-refractivity contribution in [2.75, 3.05) is 24.9 Å². The fourth-order valence-corrected chi connectivity index (χ4v) is 2.37. The SMILES string of the molecule is COC(=O)[C@H](CCSC)NC(=O)C(C)CSC(C)=O. The molecule has 5 nitrogen and oxygen atoms in total. The Morgan fingerprint density at radius 1 is 1.32 bits per heavy atom. The van der Waals surface area contributed by atoms with Crippen LogP contribution in [0.5, 0.6) is 0 Å². The molecule has 0 aromatic carbocycles. The maximum absolute atomic E-state index is 11.9. The summed E-state index contributed by atoms with van der Waals surface area (Å²) in [5.74, 6) is 0.184. The van der Waals surface area contributed by atoms with E-state index < -0.39 is 12.0 Å². The van der Waals surface area contributed by atoms with Crippen molar-refractivity contribution in [3.63, 3.8) is 0 Å². The summed E-state index contributed by atoms with van der Waals surface area (Å²) in [6.45, 7) is 3.19. The molecule has 110 valence electrons. The summed E-state index contributed by atoms with van der Waals surface area (Å²) in [7, 11) is 1.30. The van der Waals surface area contributed by atoms with E-state index in [1.54, 1.807) is 18.7 Å². The third-order valence-corrected chi connectivity index (χ3v) is 4.11. The molecule has 0 aromatic heterocycles. The summed E-state index contributed by atoms with van der Waals surface area (Å²) in [5, 5.41) is 2.65. The normalized spacial score (nSPS) is 13.5. The Labute approximate surface area is 122 Å². The van der Waals surface area contributed by atoms with E-state index in [1.807, 2.05) is 6.26 Å². The molecule has 1 unspecified atom stereocenters. The second-order valence-electron chi connectivity index (χ2n) is 4.07. The zero-order chi connectivity index (χ0) is 14.8. The van der Waals surface area contributed by atoms with Gasteiger partial charge < -0.3 is 10.1 Å². The number of hydrogen-bond acceptors (Lipinski definition) is 6. The number of esters is 1. The molecule has 0 saturated heterocycles. The number of carbonyl (C=O) groups is 3. The Morgan fingerprint density at radius 2 is 1.95 bits per heavy atom. The van der Waals surface area contributed by atoms with Gasteiger partial charge in [0.15, 0.2) is 5.12 Å². The van der Waals surface area contributed by atoms with Gasteiger partial charge in [0.05, 0.1) is 7.11 Å². The molecular formula is C12H21NO4S2. The summed E-state index contributed by atoms with van der Waals surface area (Å²) >= 11 is 2.71. The lowest BCUT2D eigenvalue weighted by atomic mass is 10.1. The summed E-state index contributed by atoms with van der Waals surface area (Å²) in [6.07, 6.45) is 2.47. The summed E-state index contributed by atoms with van der Waals surface area (Å²) in [6, 6.07) is -0.616. The van der Waals surface area contributed by atoms with Crippen molar-refractivity contribution in [2.24, 2.45) is 5.92 Å². The molecule has 1 N–H and O–H groups in total. The van der Waals surface area contributed by atoms with Gasteiger partial charge in [-0.25, -0.2) is 4.79 Å². The summed E-state index contributed by atoms with van der Waals surface area (Å²) < 4.78 is 4.67. The Morgan fingerprint density at radius 3 is 2.42 bits per heavy atom. The molecule has 0 saturated carbocycles. The minimum Gasteiger partial charge on any atom is -0.467 e. The van der Waals surface area contributed by atoms with Crippen LogP contribution in [0.15, 0.2) is 0 Å². The molecule has 0 aliphatic carbocycles. The van der Waals surface area contributed by atoms with Gasteiger partial charge in [-0.2, -0.15) is 11.8 Å². The molecule has 0 aliphatic rings. The Hall–Kier alpha value is -0.690. The van der Waals surface area contributed by atoms with Gasteiger partial charge in [0.25, 0.3) is 0 Å². The quantitative estimate of drug-likeness (QED) is 0.682. The standard InChI is InChI=1S/C12H21NO4S2/c1-8(7-19-9(2)14)11(15)13-10(5-6-18-4)12(16)17-3/h8,10H,5-7H2,1-4H3,(H,13,15)/t8?,10-/m0/s1. The van der Waals surface area contributed by atoms with Crippen LogP contribution in [0.3, 0.4) is 0 Å². The molecular weight excluding hydrogens is 286 g/mol. The third-order valence-electron chi connectivity index (χ3n) is 2.40. The van der Waals surface area contributed by atoms with Crippen molar-refractivity contribution in [3.05, 3.63) is 0 Å².